The second-order valence-corrected chi connectivity index (χ2v) is 16.5. The Morgan fingerprint density at radius 3 is 1.45 bits per heavy atom. The fourth-order valence-electron chi connectivity index (χ4n) is 2.55. The van der Waals surface area contributed by atoms with E-state index < -0.39 is 36.0 Å². The standard InChI is InChI=1S/C10H30N2O4Si4/c1-9(2)11-19(7)14-17(5)13-18(6)15-20(8,16-19)12-10(3)4/h9-12,17-18H,1-8H3. The largest absolute Gasteiger partial charge is 0.420 e. The van der Waals surface area contributed by atoms with Crippen molar-refractivity contribution in [2.24, 2.45) is 0 Å². The van der Waals surface area contributed by atoms with Crippen molar-refractivity contribution >= 4 is 36.0 Å². The molecule has 1 aliphatic rings. The zero-order chi connectivity index (χ0) is 15.6. The van der Waals surface area contributed by atoms with Crippen LogP contribution in [0, 0.1) is 0 Å². The molecule has 1 fully saturated rings. The third-order valence-corrected chi connectivity index (χ3v) is 17.3. The van der Waals surface area contributed by atoms with Gasteiger partial charge in [-0.1, -0.05) is 27.7 Å². The lowest BCUT2D eigenvalue weighted by Gasteiger charge is -2.43. The van der Waals surface area contributed by atoms with Gasteiger partial charge in [-0.2, -0.15) is 0 Å². The van der Waals surface area contributed by atoms with Crippen LogP contribution >= 0.6 is 0 Å². The lowest BCUT2D eigenvalue weighted by molar-refractivity contribution is 0.234. The van der Waals surface area contributed by atoms with Crippen LogP contribution in [-0.4, -0.2) is 48.1 Å². The molecular formula is C10H30N2O4Si4. The molecule has 4 unspecified atom stereocenters. The van der Waals surface area contributed by atoms with Crippen LogP contribution in [0.3, 0.4) is 0 Å². The lowest BCUT2D eigenvalue weighted by Crippen LogP contribution is -2.71. The van der Waals surface area contributed by atoms with Crippen molar-refractivity contribution < 1.29 is 16.5 Å². The number of hydrogen-bond donors (Lipinski definition) is 2. The van der Waals surface area contributed by atoms with Crippen LogP contribution in [0.5, 0.6) is 0 Å². The van der Waals surface area contributed by atoms with Gasteiger partial charge in [-0.3, -0.25) is 9.96 Å². The molecule has 0 aromatic carbocycles. The molecule has 0 bridgehead atoms. The molecule has 0 aromatic heterocycles. The highest BCUT2D eigenvalue weighted by Crippen LogP contribution is 2.20. The SMILES string of the molecule is CC(C)N[Si]1(C)O[SiH](C)O[SiH](C)O[Si](C)(NC(C)C)O1. The predicted octanol–water partition coefficient (Wildman–Crippen LogP) is 0.900. The minimum Gasteiger partial charge on any atom is -0.420 e. The summed E-state index contributed by atoms with van der Waals surface area (Å²) in [6.07, 6.45) is 0. The fraction of sp³-hybridized carbons (Fsp3) is 1.00. The smallest absolute Gasteiger partial charge is 0.404 e. The zero-order valence-corrected chi connectivity index (χ0v) is 18.3. The normalized spacial score (nSPS) is 39.9. The summed E-state index contributed by atoms with van der Waals surface area (Å²) in [7, 11) is -8.38. The molecule has 0 spiro atoms. The van der Waals surface area contributed by atoms with Crippen LogP contribution in [0.4, 0.5) is 0 Å². The highest BCUT2D eigenvalue weighted by atomic mass is 28.5. The van der Waals surface area contributed by atoms with Crippen molar-refractivity contribution in [3.05, 3.63) is 0 Å². The summed E-state index contributed by atoms with van der Waals surface area (Å²) in [5.74, 6) is 0. The Bertz CT molecular complexity index is 298. The molecule has 1 aliphatic heterocycles. The summed E-state index contributed by atoms with van der Waals surface area (Å²) in [4.78, 5) is 6.96. The van der Waals surface area contributed by atoms with Crippen molar-refractivity contribution in [3.8, 4) is 0 Å². The van der Waals surface area contributed by atoms with Gasteiger partial charge in [0.1, 0.15) is 0 Å². The molecule has 0 amide bonds. The minimum absolute atomic E-state index is 0.305. The molecule has 1 saturated heterocycles. The van der Waals surface area contributed by atoms with Crippen LogP contribution in [-0.2, 0) is 16.5 Å². The van der Waals surface area contributed by atoms with Gasteiger partial charge in [0.05, 0.1) is 0 Å². The first-order chi connectivity index (χ1) is 9.03. The first-order valence-electron chi connectivity index (χ1n) is 7.30. The maximum absolute atomic E-state index is 6.43. The van der Waals surface area contributed by atoms with Gasteiger partial charge >= 0.3 is 36.0 Å². The summed E-state index contributed by atoms with van der Waals surface area (Å²) < 4.78 is 24.8. The van der Waals surface area contributed by atoms with Crippen molar-refractivity contribution in [1.82, 2.24) is 9.96 Å². The van der Waals surface area contributed by atoms with Crippen molar-refractivity contribution in [1.29, 1.82) is 0 Å². The van der Waals surface area contributed by atoms with Gasteiger partial charge in [-0.05, 0) is 38.3 Å². The summed E-state index contributed by atoms with van der Waals surface area (Å²) in [6.45, 7) is 16.6. The van der Waals surface area contributed by atoms with Gasteiger partial charge < -0.3 is 16.5 Å². The topological polar surface area (TPSA) is 61.0 Å². The van der Waals surface area contributed by atoms with E-state index in [0.29, 0.717) is 12.1 Å². The van der Waals surface area contributed by atoms with Gasteiger partial charge in [0.25, 0.3) is 0 Å². The van der Waals surface area contributed by atoms with E-state index in [-0.39, 0.29) is 0 Å². The molecule has 1 heterocycles. The molecule has 120 valence electrons. The first kappa shape index (κ1) is 18.7. The quantitative estimate of drug-likeness (QED) is 0.732. The maximum atomic E-state index is 6.43. The number of hydrogen-bond acceptors (Lipinski definition) is 6. The Kier molecular flexibility index (Phi) is 6.78. The molecule has 0 saturated carbocycles. The summed E-state index contributed by atoms with van der Waals surface area (Å²) in [5.41, 5.74) is 0. The lowest BCUT2D eigenvalue weighted by atomic mass is 10.4. The van der Waals surface area contributed by atoms with E-state index in [4.69, 9.17) is 16.5 Å². The minimum atomic E-state index is -2.49. The third-order valence-electron chi connectivity index (χ3n) is 2.66. The van der Waals surface area contributed by atoms with E-state index in [1.807, 2.05) is 26.2 Å². The van der Waals surface area contributed by atoms with Crippen LogP contribution in [0.25, 0.3) is 0 Å². The highest BCUT2D eigenvalue weighted by Gasteiger charge is 2.49. The summed E-state index contributed by atoms with van der Waals surface area (Å²) in [5, 5.41) is 0. The Balaban J connectivity index is 2.94. The van der Waals surface area contributed by atoms with Crippen molar-refractivity contribution in [3.63, 3.8) is 0 Å². The predicted molar refractivity (Wildman–Crippen MR) is 90.1 cm³/mol. The average molecular weight is 355 g/mol. The van der Waals surface area contributed by atoms with Gasteiger partial charge in [0.2, 0.25) is 0 Å². The van der Waals surface area contributed by atoms with Crippen LogP contribution in [0.2, 0.25) is 26.2 Å². The molecule has 6 nitrogen and oxygen atoms in total. The Labute approximate surface area is 128 Å². The highest BCUT2D eigenvalue weighted by molar-refractivity contribution is 6.85. The number of nitrogens with one attached hydrogen (secondary N) is 2. The average Bonchev–Trinajstić information content (AvgIpc) is 2.08. The molecule has 2 N–H and O–H groups in total. The molecule has 10 heteroatoms. The van der Waals surface area contributed by atoms with E-state index in [0.717, 1.165) is 0 Å². The van der Waals surface area contributed by atoms with Crippen LogP contribution < -0.4 is 9.96 Å². The maximum Gasteiger partial charge on any atom is 0.404 e. The molecule has 0 radical (unpaired) electrons. The van der Waals surface area contributed by atoms with E-state index in [1.165, 1.54) is 0 Å². The Morgan fingerprint density at radius 2 is 1.15 bits per heavy atom. The second-order valence-electron chi connectivity index (χ2n) is 6.10. The summed E-state index contributed by atoms with van der Waals surface area (Å²) in [6, 6.07) is 0.610. The molecule has 1 rings (SSSR count). The van der Waals surface area contributed by atoms with E-state index >= 15 is 0 Å². The van der Waals surface area contributed by atoms with E-state index in [9.17, 15) is 0 Å². The molecule has 4 atom stereocenters. The van der Waals surface area contributed by atoms with Gasteiger partial charge in [0.15, 0.2) is 0 Å². The Morgan fingerprint density at radius 1 is 0.800 bits per heavy atom. The van der Waals surface area contributed by atoms with Crippen molar-refractivity contribution in [2.45, 2.75) is 66.0 Å². The van der Waals surface area contributed by atoms with Gasteiger partial charge in [-0.25, -0.2) is 0 Å². The number of rotatable bonds is 4. The third kappa shape index (κ3) is 6.17. The Hall–Kier alpha value is 0.628. The van der Waals surface area contributed by atoms with E-state index in [2.05, 4.69) is 37.7 Å². The van der Waals surface area contributed by atoms with Gasteiger partial charge in [0, 0.05) is 0 Å². The molecule has 0 aliphatic carbocycles. The molecular weight excluding hydrogens is 324 g/mol. The van der Waals surface area contributed by atoms with E-state index in [1.54, 1.807) is 0 Å². The summed E-state index contributed by atoms with van der Waals surface area (Å²) >= 11 is 0. The monoisotopic (exact) mass is 354 g/mol. The van der Waals surface area contributed by atoms with Crippen LogP contribution in [0.1, 0.15) is 27.7 Å². The fourth-order valence-corrected chi connectivity index (χ4v) is 18.6. The van der Waals surface area contributed by atoms with Crippen molar-refractivity contribution in [2.75, 3.05) is 0 Å². The zero-order valence-electron chi connectivity index (χ0n) is 13.9. The molecule has 0 aromatic rings. The van der Waals surface area contributed by atoms with Crippen LogP contribution in [0.15, 0.2) is 0 Å². The second kappa shape index (κ2) is 7.26. The molecule has 20 heavy (non-hydrogen) atoms. The van der Waals surface area contributed by atoms with Gasteiger partial charge in [-0.15, -0.1) is 0 Å². The first-order valence-corrected chi connectivity index (χ1v) is 16.1.